The van der Waals surface area contributed by atoms with Gasteiger partial charge in [0.2, 0.25) is 0 Å². The number of benzene rings is 4. The van der Waals surface area contributed by atoms with E-state index in [1.165, 1.54) is 7.11 Å². The standard InChI is InChI=1S/C34H25ClN2O5/c1-41-22-15-16-26(27(17-22)42-2)28-29(30(38)19-11-13-21(35)14-12-19)37-31(23-8-4-3-7-20(23)18-36-37)34(28)32(39)24-9-5-6-10-25(24)33(34)40/h3-18,28-29,31H,1-2H3/t28-,29+,31?/m1/s1. The first-order valence-electron chi connectivity index (χ1n) is 13.5. The number of halogens is 1. The predicted octanol–water partition coefficient (Wildman–Crippen LogP) is 6.16. The molecule has 1 aliphatic carbocycles. The van der Waals surface area contributed by atoms with Gasteiger partial charge in [0, 0.05) is 39.3 Å². The Balaban J connectivity index is 1.57. The van der Waals surface area contributed by atoms with E-state index in [0.29, 0.717) is 38.8 Å². The van der Waals surface area contributed by atoms with E-state index in [0.717, 1.165) is 11.1 Å². The number of hydrogen-bond donors (Lipinski definition) is 0. The first-order chi connectivity index (χ1) is 20.4. The molecule has 0 radical (unpaired) electrons. The minimum atomic E-state index is -1.70. The van der Waals surface area contributed by atoms with Gasteiger partial charge in [0.25, 0.3) is 0 Å². The average Bonchev–Trinajstić information content (AvgIpc) is 3.46. The molecule has 3 aliphatic rings. The molecule has 8 heteroatoms. The molecule has 1 unspecified atom stereocenters. The summed E-state index contributed by atoms with van der Waals surface area (Å²) >= 11 is 6.16. The zero-order chi connectivity index (χ0) is 29.2. The third kappa shape index (κ3) is 3.46. The largest absolute Gasteiger partial charge is 0.497 e. The van der Waals surface area contributed by atoms with Crippen LogP contribution in [0.3, 0.4) is 0 Å². The Morgan fingerprint density at radius 1 is 0.833 bits per heavy atom. The summed E-state index contributed by atoms with van der Waals surface area (Å²) in [5.74, 6) is -0.969. The van der Waals surface area contributed by atoms with Gasteiger partial charge in [0.05, 0.1) is 26.5 Å². The number of hydrazone groups is 1. The topological polar surface area (TPSA) is 85.3 Å². The second kappa shape index (κ2) is 9.67. The Morgan fingerprint density at radius 2 is 1.50 bits per heavy atom. The maximum Gasteiger partial charge on any atom is 0.187 e. The number of nitrogens with zero attached hydrogens (tertiary/aromatic N) is 2. The number of carbonyl (C=O) groups excluding carboxylic acids is 3. The van der Waals surface area contributed by atoms with Crippen LogP contribution in [-0.4, -0.2) is 48.8 Å². The van der Waals surface area contributed by atoms with Crippen molar-refractivity contribution < 1.29 is 23.9 Å². The monoisotopic (exact) mass is 576 g/mol. The summed E-state index contributed by atoms with van der Waals surface area (Å²) in [5, 5.41) is 6.94. The lowest BCUT2D eigenvalue weighted by Gasteiger charge is -2.36. The first-order valence-corrected chi connectivity index (χ1v) is 13.9. The van der Waals surface area contributed by atoms with E-state index in [2.05, 4.69) is 0 Å². The van der Waals surface area contributed by atoms with Gasteiger partial charge in [-0.2, -0.15) is 5.10 Å². The SMILES string of the molecule is COc1ccc([C@@H]2[C@@H](C(=O)c3ccc(Cl)cc3)N3N=Cc4ccccc4C3C23C(=O)c2ccccc2C3=O)c(OC)c1. The van der Waals surface area contributed by atoms with Gasteiger partial charge in [0.1, 0.15) is 23.0 Å². The molecule has 2 aliphatic heterocycles. The van der Waals surface area contributed by atoms with Crippen LogP contribution in [0.2, 0.25) is 5.02 Å². The number of ether oxygens (including phenoxy) is 2. The lowest BCUT2D eigenvalue weighted by molar-refractivity contribution is 0.0585. The van der Waals surface area contributed by atoms with E-state index in [1.54, 1.807) is 85.1 Å². The van der Waals surface area contributed by atoms with Crippen LogP contribution in [0.15, 0.2) is 96.1 Å². The molecule has 1 saturated heterocycles. The van der Waals surface area contributed by atoms with Gasteiger partial charge in [-0.05, 0) is 41.5 Å². The Bertz CT molecular complexity index is 1780. The Hall–Kier alpha value is -4.75. The van der Waals surface area contributed by atoms with Gasteiger partial charge in [0.15, 0.2) is 17.3 Å². The van der Waals surface area contributed by atoms with Crippen molar-refractivity contribution in [3.8, 4) is 11.5 Å². The lowest BCUT2D eigenvalue weighted by atomic mass is 9.62. The summed E-state index contributed by atoms with van der Waals surface area (Å²) in [4.78, 5) is 44.3. The molecule has 4 aromatic rings. The molecule has 208 valence electrons. The summed E-state index contributed by atoms with van der Waals surface area (Å²) in [6.45, 7) is 0. The number of rotatable bonds is 5. The highest BCUT2D eigenvalue weighted by Crippen LogP contribution is 2.65. The maximum absolute atomic E-state index is 14.9. The van der Waals surface area contributed by atoms with Crippen molar-refractivity contribution in [1.82, 2.24) is 5.01 Å². The van der Waals surface area contributed by atoms with E-state index >= 15 is 0 Å². The highest BCUT2D eigenvalue weighted by molar-refractivity contribution is 6.32. The van der Waals surface area contributed by atoms with Gasteiger partial charge in [-0.1, -0.05) is 66.2 Å². The minimum absolute atomic E-state index is 0.287. The number of carbonyl (C=O) groups is 3. The molecular formula is C34H25ClN2O5. The Labute approximate surface area is 247 Å². The molecule has 1 spiro atoms. The van der Waals surface area contributed by atoms with Gasteiger partial charge < -0.3 is 9.47 Å². The van der Waals surface area contributed by atoms with Crippen LogP contribution in [-0.2, 0) is 0 Å². The smallest absolute Gasteiger partial charge is 0.187 e. The third-order valence-electron chi connectivity index (χ3n) is 8.75. The molecule has 0 N–H and O–H groups in total. The van der Waals surface area contributed by atoms with Crippen LogP contribution in [0, 0.1) is 5.41 Å². The van der Waals surface area contributed by atoms with Crippen molar-refractivity contribution in [3.05, 3.63) is 129 Å². The normalized spacial score (nSPS) is 21.2. The van der Waals surface area contributed by atoms with E-state index in [1.807, 2.05) is 24.3 Å². The number of fused-ring (bicyclic) bond motifs is 5. The van der Waals surface area contributed by atoms with E-state index < -0.39 is 23.4 Å². The second-order valence-electron chi connectivity index (χ2n) is 10.6. The van der Waals surface area contributed by atoms with Crippen LogP contribution < -0.4 is 9.47 Å². The maximum atomic E-state index is 14.9. The number of methoxy groups -OCH3 is 2. The Kier molecular flexibility index (Phi) is 6.02. The zero-order valence-corrected chi connectivity index (χ0v) is 23.5. The fourth-order valence-corrected chi connectivity index (χ4v) is 7.11. The molecule has 3 atom stereocenters. The molecule has 2 heterocycles. The third-order valence-corrected chi connectivity index (χ3v) is 9.00. The predicted molar refractivity (Wildman–Crippen MR) is 158 cm³/mol. The second-order valence-corrected chi connectivity index (χ2v) is 11.1. The molecule has 7 nitrogen and oxygen atoms in total. The highest BCUT2D eigenvalue weighted by Gasteiger charge is 2.73. The van der Waals surface area contributed by atoms with Crippen molar-refractivity contribution in [2.24, 2.45) is 10.5 Å². The van der Waals surface area contributed by atoms with Crippen LogP contribution >= 0.6 is 11.6 Å². The summed E-state index contributed by atoms with van der Waals surface area (Å²) in [7, 11) is 3.06. The number of ketones is 3. The van der Waals surface area contributed by atoms with Crippen LogP contribution in [0.5, 0.6) is 11.5 Å². The molecule has 1 fully saturated rings. The van der Waals surface area contributed by atoms with Crippen LogP contribution in [0.25, 0.3) is 0 Å². The van der Waals surface area contributed by atoms with Crippen molar-refractivity contribution >= 4 is 35.2 Å². The molecule has 0 bridgehead atoms. The highest BCUT2D eigenvalue weighted by atomic mass is 35.5. The fraction of sp³-hybridized carbons (Fsp3) is 0.176. The quantitative estimate of drug-likeness (QED) is 0.209. The number of hydrogen-bond acceptors (Lipinski definition) is 7. The Morgan fingerprint density at radius 3 is 2.17 bits per heavy atom. The van der Waals surface area contributed by atoms with E-state index in [9.17, 15) is 14.4 Å². The van der Waals surface area contributed by atoms with Gasteiger partial charge >= 0.3 is 0 Å². The van der Waals surface area contributed by atoms with Gasteiger partial charge in [-0.25, -0.2) is 0 Å². The summed E-state index contributed by atoms with van der Waals surface area (Å²) in [6.07, 6.45) is 1.69. The summed E-state index contributed by atoms with van der Waals surface area (Å²) in [5.41, 5.74) is 1.45. The number of Topliss-reactive ketones (excluding diaryl/α,β-unsaturated/α-hetero) is 3. The van der Waals surface area contributed by atoms with Gasteiger partial charge in [-0.15, -0.1) is 0 Å². The van der Waals surface area contributed by atoms with Crippen LogP contribution in [0.1, 0.15) is 59.7 Å². The molecular weight excluding hydrogens is 552 g/mol. The molecule has 0 amide bonds. The average molecular weight is 577 g/mol. The van der Waals surface area contributed by atoms with Crippen molar-refractivity contribution in [2.45, 2.75) is 18.0 Å². The molecule has 7 rings (SSSR count). The van der Waals surface area contributed by atoms with Crippen molar-refractivity contribution in [3.63, 3.8) is 0 Å². The fourth-order valence-electron chi connectivity index (χ4n) is 6.98. The lowest BCUT2D eigenvalue weighted by Crippen LogP contribution is -2.44. The van der Waals surface area contributed by atoms with Crippen molar-refractivity contribution in [1.29, 1.82) is 0 Å². The minimum Gasteiger partial charge on any atom is -0.497 e. The summed E-state index contributed by atoms with van der Waals surface area (Å²) < 4.78 is 11.3. The summed E-state index contributed by atoms with van der Waals surface area (Å²) in [6, 6.07) is 24.4. The van der Waals surface area contributed by atoms with Crippen LogP contribution in [0.4, 0.5) is 0 Å². The molecule has 0 saturated carbocycles. The van der Waals surface area contributed by atoms with Gasteiger partial charge in [-0.3, -0.25) is 19.4 Å². The first kappa shape index (κ1) is 26.2. The molecule has 4 aromatic carbocycles. The van der Waals surface area contributed by atoms with E-state index in [-0.39, 0.29) is 17.3 Å². The zero-order valence-electron chi connectivity index (χ0n) is 22.8. The van der Waals surface area contributed by atoms with Crippen molar-refractivity contribution in [2.75, 3.05) is 14.2 Å². The molecule has 42 heavy (non-hydrogen) atoms. The molecule has 0 aromatic heterocycles. The van der Waals surface area contributed by atoms with E-state index in [4.69, 9.17) is 26.2 Å².